The highest BCUT2D eigenvalue weighted by Gasteiger charge is 2.20. The van der Waals surface area contributed by atoms with Crippen LogP contribution < -0.4 is 0 Å². The molecule has 66 valence electrons. The van der Waals surface area contributed by atoms with Gasteiger partial charge in [-0.05, 0) is 27.9 Å². The van der Waals surface area contributed by atoms with E-state index in [1.807, 2.05) is 6.26 Å². The lowest BCUT2D eigenvalue weighted by molar-refractivity contribution is 0.132. The topological polar surface area (TPSA) is 22.4 Å². The summed E-state index contributed by atoms with van der Waals surface area (Å²) in [6.07, 6.45) is 2.79. The van der Waals surface area contributed by atoms with E-state index in [1.54, 1.807) is 0 Å². The van der Waals surface area contributed by atoms with Gasteiger partial charge in [0, 0.05) is 11.5 Å². The Morgan fingerprint density at radius 2 is 2.42 bits per heavy atom. The molecule has 0 N–H and O–H groups in total. The maximum absolute atomic E-state index is 5.44. The molecule has 0 aliphatic carbocycles. The van der Waals surface area contributed by atoms with Crippen molar-refractivity contribution < 1.29 is 9.15 Å². The van der Waals surface area contributed by atoms with Crippen LogP contribution in [0.2, 0.25) is 0 Å². The van der Waals surface area contributed by atoms with E-state index in [1.165, 1.54) is 11.1 Å². The molecule has 2 heterocycles. The Morgan fingerprint density at radius 1 is 1.58 bits per heavy atom. The first-order valence-corrected chi connectivity index (χ1v) is 4.92. The van der Waals surface area contributed by atoms with Gasteiger partial charge in [0.15, 0.2) is 4.67 Å². The van der Waals surface area contributed by atoms with Crippen LogP contribution in [-0.4, -0.2) is 13.2 Å². The molecule has 0 amide bonds. The monoisotopic (exact) mass is 230 g/mol. The molecule has 1 aliphatic rings. The van der Waals surface area contributed by atoms with Crippen molar-refractivity contribution in [1.29, 1.82) is 0 Å². The molecule has 0 aromatic carbocycles. The molecule has 1 aromatic rings. The molecule has 1 aliphatic heterocycles. The average Bonchev–Trinajstić information content (AvgIpc) is 2.29. The van der Waals surface area contributed by atoms with Crippen LogP contribution in [0.15, 0.2) is 15.3 Å². The van der Waals surface area contributed by atoms with Gasteiger partial charge < -0.3 is 9.15 Å². The highest BCUT2D eigenvalue weighted by Crippen LogP contribution is 2.32. The normalized spacial score (nSPS) is 23.3. The third-order valence-corrected chi connectivity index (χ3v) is 2.85. The SMILES string of the molecule is CC1COCCc2coc(Br)c21. The first kappa shape index (κ1) is 8.32. The highest BCUT2D eigenvalue weighted by molar-refractivity contribution is 9.10. The van der Waals surface area contributed by atoms with Crippen molar-refractivity contribution in [2.45, 2.75) is 19.3 Å². The Morgan fingerprint density at radius 3 is 3.25 bits per heavy atom. The van der Waals surface area contributed by atoms with E-state index < -0.39 is 0 Å². The van der Waals surface area contributed by atoms with Crippen molar-refractivity contribution in [2.75, 3.05) is 13.2 Å². The van der Waals surface area contributed by atoms with E-state index in [0.717, 1.165) is 24.3 Å². The van der Waals surface area contributed by atoms with Gasteiger partial charge in [0.1, 0.15) is 0 Å². The van der Waals surface area contributed by atoms with E-state index in [9.17, 15) is 0 Å². The van der Waals surface area contributed by atoms with Crippen LogP contribution in [0.5, 0.6) is 0 Å². The smallest absolute Gasteiger partial charge is 0.172 e. The first-order valence-electron chi connectivity index (χ1n) is 4.12. The largest absolute Gasteiger partial charge is 0.457 e. The maximum atomic E-state index is 5.44. The van der Waals surface area contributed by atoms with Crippen LogP contribution in [0.3, 0.4) is 0 Å². The molecule has 0 bridgehead atoms. The first-order chi connectivity index (χ1) is 5.79. The number of furan rings is 1. The summed E-state index contributed by atoms with van der Waals surface area (Å²) in [6.45, 7) is 3.76. The molecule has 1 aromatic heterocycles. The second-order valence-electron chi connectivity index (χ2n) is 3.17. The van der Waals surface area contributed by atoms with Gasteiger partial charge in [-0.15, -0.1) is 0 Å². The van der Waals surface area contributed by atoms with Crippen molar-refractivity contribution in [3.8, 4) is 0 Å². The maximum Gasteiger partial charge on any atom is 0.172 e. The van der Waals surface area contributed by atoms with Crippen LogP contribution in [0.1, 0.15) is 24.0 Å². The van der Waals surface area contributed by atoms with E-state index in [2.05, 4.69) is 22.9 Å². The summed E-state index contributed by atoms with van der Waals surface area (Å²) in [5.74, 6) is 0.440. The third-order valence-electron chi connectivity index (χ3n) is 2.24. The molecule has 2 nitrogen and oxygen atoms in total. The van der Waals surface area contributed by atoms with Gasteiger partial charge in [-0.3, -0.25) is 0 Å². The fourth-order valence-corrected chi connectivity index (χ4v) is 2.34. The predicted molar refractivity (Wildman–Crippen MR) is 49.3 cm³/mol. The number of hydrogen-bond acceptors (Lipinski definition) is 2. The fraction of sp³-hybridized carbons (Fsp3) is 0.556. The van der Waals surface area contributed by atoms with E-state index in [-0.39, 0.29) is 0 Å². The number of ether oxygens (including phenoxy) is 1. The van der Waals surface area contributed by atoms with Crippen LogP contribution in [-0.2, 0) is 11.2 Å². The lowest BCUT2D eigenvalue weighted by Gasteiger charge is -2.06. The Balaban J connectivity index is 2.42. The summed E-state index contributed by atoms with van der Waals surface area (Å²) in [6, 6.07) is 0. The quantitative estimate of drug-likeness (QED) is 0.684. The van der Waals surface area contributed by atoms with Crippen LogP contribution in [0.25, 0.3) is 0 Å². The number of fused-ring (bicyclic) bond motifs is 1. The van der Waals surface area contributed by atoms with Crippen molar-refractivity contribution in [3.05, 3.63) is 22.1 Å². The van der Waals surface area contributed by atoms with Gasteiger partial charge in [0.25, 0.3) is 0 Å². The minimum Gasteiger partial charge on any atom is -0.457 e. The number of halogens is 1. The lowest BCUT2D eigenvalue weighted by Crippen LogP contribution is -2.01. The number of rotatable bonds is 0. The average molecular weight is 231 g/mol. The van der Waals surface area contributed by atoms with E-state index in [4.69, 9.17) is 9.15 Å². The minimum absolute atomic E-state index is 0.440. The zero-order valence-corrected chi connectivity index (χ0v) is 8.56. The summed E-state index contributed by atoms with van der Waals surface area (Å²) in [4.78, 5) is 0. The summed E-state index contributed by atoms with van der Waals surface area (Å²) in [5.41, 5.74) is 2.57. The molecular weight excluding hydrogens is 220 g/mol. The molecule has 2 rings (SSSR count). The fourth-order valence-electron chi connectivity index (χ4n) is 1.61. The second kappa shape index (κ2) is 3.23. The van der Waals surface area contributed by atoms with Gasteiger partial charge in [-0.25, -0.2) is 0 Å². The third kappa shape index (κ3) is 1.31. The number of hydrogen-bond donors (Lipinski definition) is 0. The Labute approximate surface area is 80.0 Å². The van der Waals surface area contributed by atoms with Crippen molar-refractivity contribution in [1.82, 2.24) is 0 Å². The minimum atomic E-state index is 0.440. The molecule has 12 heavy (non-hydrogen) atoms. The van der Waals surface area contributed by atoms with Crippen LogP contribution >= 0.6 is 15.9 Å². The van der Waals surface area contributed by atoms with Crippen molar-refractivity contribution in [2.24, 2.45) is 0 Å². The van der Waals surface area contributed by atoms with Crippen LogP contribution in [0, 0.1) is 0 Å². The predicted octanol–water partition coefficient (Wildman–Crippen LogP) is 2.72. The summed E-state index contributed by atoms with van der Waals surface area (Å²) < 4.78 is 11.6. The van der Waals surface area contributed by atoms with Crippen LogP contribution in [0.4, 0.5) is 0 Å². The molecule has 0 radical (unpaired) electrons. The molecule has 0 saturated heterocycles. The van der Waals surface area contributed by atoms with Gasteiger partial charge >= 0.3 is 0 Å². The Bertz CT molecular complexity index is 280. The summed E-state index contributed by atoms with van der Waals surface area (Å²) in [7, 11) is 0. The standard InChI is InChI=1S/C9H11BrO2/c1-6-4-11-3-2-7-5-12-9(10)8(6)7/h5-6H,2-4H2,1H3. The molecule has 1 atom stereocenters. The second-order valence-corrected chi connectivity index (χ2v) is 3.89. The molecule has 1 unspecified atom stereocenters. The van der Waals surface area contributed by atoms with E-state index >= 15 is 0 Å². The Kier molecular flexibility index (Phi) is 2.24. The van der Waals surface area contributed by atoms with Crippen molar-refractivity contribution >= 4 is 15.9 Å². The lowest BCUT2D eigenvalue weighted by atomic mass is 10.0. The molecular formula is C9H11BrO2. The molecule has 0 spiro atoms. The van der Waals surface area contributed by atoms with Gasteiger partial charge in [0.05, 0.1) is 19.5 Å². The molecule has 0 fully saturated rings. The highest BCUT2D eigenvalue weighted by atomic mass is 79.9. The molecule has 0 saturated carbocycles. The Hall–Kier alpha value is -0.280. The zero-order valence-electron chi connectivity index (χ0n) is 6.97. The summed E-state index contributed by atoms with van der Waals surface area (Å²) in [5, 5.41) is 0. The van der Waals surface area contributed by atoms with Gasteiger partial charge in [-0.1, -0.05) is 6.92 Å². The molecule has 3 heteroatoms. The zero-order chi connectivity index (χ0) is 8.55. The summed E-state index contributed by atoms with van der Waals surface area (Å²) >= 11 is 3.40. The van der Waals surface area contributed by atoms with Gasteiger partial charge in [-0.2, -0.15) is 0 Å². The van der Waals surface area contributed by atoms with E-state index in [0.29, 0.717) is 5.92 Å². The van der Waals surface area contributed by atoms with Crippen molar-refractivity contribution in [3.63, 3.8) is 0 Å². The van der Waals surface area contributed by atoms with Gasteiger partial charge in [0.2, 0.25) is 0 Å².